The van der Waals surface area contributed by atoms with Gasteiger partial charge in [-0.25, -0.2) is 8.78 Å². The maximum Gasteiger partial charge on any atom is 0.191 e. The first-order valence-electron chi connectivity index (χ1n) is 9.71. The van der Waals surface area contributed by atoms with E-state index >= 15 is 0 Å². The van der Waals surface area contributed by atoms with Gasteiger partial charge in [0, 0.05) is 25.2 Å². The monoisotopic (exact) mass is 496 g/mol. The molecule has 0 amide bonds. The first-order chi connectivity index (χ1) is 12.5. The highest BCUT2D eigenvalue weighted by atomic mass is 127. The molecular weight excluding hydrogens is 461 g/mol. The molecule has 0 aliphatic rings. The second-order valence-electron chi connectivity index (χ2n) is 6.46. The molecule has 0 aliphatic carbocycles. The minimum atomic E-state index is -0.553. The lowest BCUT2D eigenvalue weighted by molar-refractivity contribution is 0.292. The third-order valence-electron chi connectivity index (χ3n) is 4.40. The van der Waals surface area contributed by atoms with Crippen molar-refractivity contribution in [3.63, 3.8) is 0 Å². The van der Waals surface area contributed by atoms with Gasteiger partial charge in [-0.1, -0.05) is 19.9 Å². The van der Waals surface area contributed by atoms with Crippen molar-refractivity contribution in [1.82, 2.24) is 15.5 Å². The number of aliphatic imine (C=N–C) groups is 1. The topological polar surface area (TPSA) is 39.7 Å². The minimum Gasteiger partial charge on any atom is -0.357 e. The van der Waals surface area contributed by atoms with Gasteiger partial charge in [-0.15, -0.1) is 24.0 Å². The highest BCUT2D eigenvalue weighted by Gasteiger charge is 2.07. The van der Waals surface area contributed by atoms with Crippen molar-refractivity contribution >= 4 is 29.9 Å². The van der Waals surface area contributed by atoms with Gasteiger partial charge >= 0.3 is 0 Å². The van der Waals surface area contributed by atoms with Gasteiger partial charge in [0.15, 0.2) is 5.96 Å². The Morgan fingerprint density at radius 1 is 1.19 bits per heavy atom. The summed E-state index contributed by atoms with van der Waals surface area (Å²) >= 11 is 0. The van der Waals surface area contributed by atoms with Crippen LogP contribution in [0.5, 0.6) is 0 Å². The molecule has 0 aliphatic heterocycles. The summed E-state index contributed by atoms with van der Waals surface area (Å²) in [5.74, 6) is -0.323. The summed E-state index contributed by atoms with van der Waals surface area (Å²) in [5, 5.41) is 6.62. The zero-order valence-electron chi connectivity index (χ0n) is 17.0. The molecule has 156 valence electrons. The van der Waals surface area contributed by atoms with Crippen LogP contribution in [0.4, 0.5) is 8.78 Å². The van der Waals surface area contributed by atoms with Crippen LogP contribution in [0.1, 0.15) is 46.1 Å². The maximum atomic E-state index is 13.7. The van der Waals surface area contributed by atoms with Gasteiger partial charge in [0.25, 0.3) is 0 Å². The maximum absolute atomic E-state index is 13.7. The summed E-state index contributed by atoms with van der Waals surface area (Å²) in [6.45, 7) is 13.0. The molecule has 0 saturated carbocycles. The molecule has 0 radical (unpaired) electrons. The van der Waals surface area contributed by atoms with Crippen molar-refractivity contribution in [3.8, 4) is 0 Å². The standard InChI is InChI=1S/C20H34F2N4.HI/c1-5-23-20(25-16(4)9-8-14-26(6-2)7-3)24-13-12-17-10-11-18(21)15-19(17)22;/h10-11,15-16H,5-9,12-14H2,1-4H3,(H2,23,24,25);1H. The van der Waals surface area contributed by atoms with Crippen LogP contribution in [0.25, 0.3) is 0 Å². The van der Waals surface area contributed by atoms with Gasteiger partial charge in [-0.2, -0.15) is 0 Å². The second kappa shape index (κ2) is 15.0. The van der Waals surface area contributed by atoms with Crippen LogP contribution in [-0.4, -0.2) is 49.6 Å². The molecule has 1 atom stereocenters. The Labute approximate surface area is 180 Å². The fourth-order valence-corrected chi connectivity index (χ4v) is 2.80. The van der Waals surface area contributed by atoms with Gasteiger partial charge in [0.1, 0.15) is 11.6 Å². The fourth-order valence-electron chi connectivity index (χ4n) is 2.80. The molecule has 1 aromatic carbocycles. The van der Waals surface area contributed by atoms with E-state index in [1.54, 1.807) is 0 Å². The fraction of sp³-hybridized carbons (Fsp3) is 0.650. The number of rotatable bonds is 11. The van der Waals surface area contributed by atoms with Crippen molar-refractivity contribution in [1.29, 1.82) is 0 Å². The van der Waals surface area contributed by atoms with Crippen LogP contribution in [0.15, 0.2) is 23.2 Å². The average molecular weight is 496 g/mol. The molecule has 1 aromatic rings. The summed E-state index contributed by atoms with van der Waals surface area (Å²) in [6.07, 6.45) is 2.64. The number of nitrogens with zero attached hydrogens (tertiary/aromatic N) is 2. The average Bonchev–Trinajstić information content (AvgIpc) is 2.60. The van der Waals surface area contributed by atoms with E-state index < -0.39 is 11.6 Å². The largest absolute Gasteiger partial charge is 0.357 e. The number of hydrogen-bond acceptors (Lipinski definition) is 2. The summed E-state index contributed by atoms with van der Waals surface area (Å²) in [5.41, 5.74) is 0.485. The lowest BCUT2D eigenvalue weighted by Crippen LogP contribution is -2.42. The molecule has 0 aromatic heterocycles. The van der Waals surface area contributed by atoms with Crippen molar-refractivity contribution < 1.29 is 8.78 Å². The SMILES string of the molecule is CCNC(=NCCc1ccc(F)cc1F)NC(C)CCCN(CC)CC.I. The van der Waals surface area contributed by atoms with Crippen molar-refractivity contribution in [2.75, 3.05) is 32.7 Å². The van der Waals surface area contributed by atoms with Gasteiger partial charge in [-0.3, -0.25) is 4.99 Å². The summed E-state index contributed by atoms with van der Waals surface area (Å²) in [7, 11) is 0. The molecule has 0 bridgehead atoms. The summed E-state index contributed by atoms with van der Waals surface area (Å²) < 4.78 is 26.6. The molecule has 1 rings (SSSR count). The third-order valence-corrected chi connectivity index (χ3v) is 4.40. The van der Waals surface area contributed by atoms with Gasteiger partial charge < -0.3 is 15.5 Å². The lowest BCUT2D eigenvalue weighted by Gasteiger charge is -2.21. The highest BCUT2D eigenvalue weighted by Crippen LogP contribution is 2.10. The molecule has 1 unspecified atom stereocenters. The molecule has 2 N–H and O–H groups in total. The smallest absolute Gasteiger partial charge is 0.191 e. The van der Waals surface area contributed by atoms with Crippen LogP contribution >= 0.6 is 24.0 Å². The van der Waals surface area contributed by atoms with Gasteiger partial charge in [-0.05, 0) is 64.4 Å². The van der Waals surface area contributed by atoms with Crippen LogP contribution in [0, 0.1) is 11.6 Å². The van der Waals surface area contributed by atoms with E-state index in [4.69, 9.17) is 0 Å². The number of hydrogen-bond donors (Lipinski definition) is 2. The molecule has 4 nitrogen and oxygen atoms in total. The Balaban J connectivity index is 0.00000676. The predicted molar refractivity (Wildman–Crippen MR) is 121 cm³/mol. The van der Waals surface area contributed by atoms with Gasteiger partial charge in [0.05, 0.1) is 0 Å². The number of halogens is 3. The van der Waals surface area contributed by atoms with E-state index in [0.29, 0.717) is 24.6 Å². The Morgan fingerprint density at radius 2 is 1.89 bits per heavy atom. The van der Waals surface area contributed by atoms with Gasteiger partial charge in [0.2, 0.25) is 0 Å². The molecule has 0 heterocycles. The zero-order chi connectivity index (χ0) is 19.4. The van der Waals surface area contributed by atoms with E-state index in [1.807, 2.05) is 6.92 Å². The molecule has 27 heavy (non-hydrogen) atoms. The second-order valence-corrected chi connectivity index (χ2v) is 6.46. The summed E-state index contributed by atoms with van der Waals surface area (Å²) in [4.78, 5) is 6.93. The lowest BCUT2D eigenvalue weighted by atomic mass is 10.1. The number of nitrogens with one attached hydrogen (secondary N) is 2. The first kappa shape index (κ1) is 26.0. The van der Waals surface area contributed by atoms with Crippen molar-refractivity contribution in [3.05, 3.63) is 35.4 Å². The molecule has 0 spiro atoms. The van der Waals surface area contributed by atoms with Crippen LogP contribution in [0.2, 0.25) is 0 Å². The van der Waals surface area contributed by atoms with Crippen molar-refractivity contribution in [2.24, 2.45) is 4.99 Å². The number of guanidine groups is 1. The predicted octanol–water partition coefficient (Wildman–Crippen LogP) is 4.19. The summed E-state index contributed by atoms with van der Waals surface area (Å²) in [6, 6.07) is 3.99. The van der Waals surface area contributed by atoms with Crippen LogP contribution in [-0.2, 0) is 6.42 Å². The van der Waals surface area contributed by atoms with E-state index in [2.05, 4.69) is 41.3 Å². The van der Waals surface area contributed by atoms with Crippen LogP contribution < -0.4 is 10.6 Å². The molecule has 0 saturated heterocycles. The van der Waals surface area contributed by atoms with E-state index in [1.165, 1.54) is 12.1 Å². The Morgan fingerprint density at radius 3 is 2.48 bits per heavy atom. The molecule has 7 heteroatoms. The molecule has 0 fully saturated rings. The van der Waals surface area contributed by atoms with Crippen LogP contribution in [0.3, 0.4) is 0 Å². The van der Waals surface area contributed by atoms with Crippen molar-refractivity contribution in [2.45, 2.75) is 53.0 Å². The Hall–Kier alpha value is -0.960. The first-order valence-corrected chi connectivity index (χ1v) is 9.71. The highest BCUT2D eigenvalue weighted by molar-refractivity contribution is 14.0. The Bertz CT molecular complexity index is 551. The number of benzene rings is 1. The Kier molecular flexibility index (Phi) is 14.5. The van der Waals surface area contributed by atoms with E-state index in [9.17, 15) is 8.78 Å². The zero-order valence-corrected chi connectivity index (χ0v) is 19.4. The van der Waals surface area contributed by atoms with E-state index in [0.717, 1.165) is 51.0 Å². The van der Waals surface area contributed by atoms with E-state index in [-0.39, 0.29) is 24.0 Å². The third kappa shape index (κ3) is 10.8. The quantitative estimate of drug-likeness (QED) is 0.274. The normalized spacial score (nSPS) is 12.6. The minimum absolute atomic E-state index is 0. The molecular formula is C20H35F2IN4.